The Labute approximate surface area is 158 Å². The van der Waals surface area contributed by atoms with Crippen LogP contribution in [0.25, 0.3) is 0 Å². The molecule has 24 heavy (non-hydrogen) atoms. The highest BCUT2D eigenvalue weighted by Crippen LogP contribution is 2.11. The molecule has 0 heterocycles. The van der Waals surface area contributed by atoms with Crippen LogP contribution in [0.2, 0.25) is 0 Å². The van der Waals surface area contributed by atoms with Crippen molar-refractivity contribution in [2.75, 3.05) is 20.1 Å². The summed E-state index contributed by atoms with van der Waals surface area (Å²) >= 11 is 0. The number of guanidine groups is 1. The second-order valence-electron chi connectivity index (χ2n) is 5.11. The molecule has 2 rings (SSSR count). The van der Waals surface area contributed by atoms with Gasteiger partial charge in [0.25, 0.3) is 0 Å². The molecule has 0 aliphatic heterocycles. The number of rotatable bonds is 6. The van der Waals surface area contributed by atoms with Crippen molar-refractivity contribution in [3.8, 4) is 0 Å². The lowest BCUT2D eigenvalue weighted by Gasteiger charge is -2.12. The average molecular weight is 445 g/mol. The highest BCUT2D eigenvalue weighted by atomic mass is 127. The maximum atomic E-state index is 13.5. The molecule has 0 saturated heterocycles. The van der Waals surface area contributed by atoms with Gasteiger partial charge in [-0.3, -0.25) is 4.99 Å². The molecule has 3 nitrogen and oxygen atoms in total. The Kier molecular flexibility index (Phi) is 9.29. The van der Waals surface area contributed by atoms with E-state index in [4.69, 9.17) is 0 Å². The minimum atomic E-state index is -0.515. The summed E-state index contributed by atoms with van der Waals surface area (Å²) in [5.74, 6) is -0.407. The van der Waals surface area contributed by atoms with Gasteiger partial charge in [0.1, 0.15) is 11.6 Å². The molecule has 0 aliphatic rings. The number of hydrogen-bond donors (Lipinski definition) is 2. The van der Waals surface area contributed by atoms with Crippen molar-refractivity contribution in [1.82, 2.24) is 10.6 Å². The predicted octanol–water partition coefficient (Wildman–Crippen LogP) is 3.53. The van der Waals surface area contributed by atoms with Crippen LogP contribution in [0.4, 0.5) is 8.78 Å². The first-order chi connectivity index (χ1) is 11.2. The molecule has 0 amide bonds. The monoisotopic (exact) mass is 445 g/mol. The largest absolute Gasteiger partial charge is 0.356 e. The first kappa shape index (κ1) is 20.3. The highest BCUT2D eigenvalue weighted by molar-refractivity contribution is 14.0. The van der Waals surface area contributed by atoms with Gasteiger partial charge in [-0.2, -0.15) is 0 Å². The Morgan fingerprint density at radius 1 is 0.875 bits per heavy atom. The molecular weight excluding hydrogens is 423 g/mol. The van der Waals surface area contributed by atoms with E-state index >= 15 is 0 Å². The Bertz CT molecular complexity index is 628. The number of aliphatic imine (C=N–C) groups is 1. The van der Waals surface area contributed by atoms with Gasteiger partial charge in [0.05, 0.1) is 0 Å². The van der Waals surface area contributed by atoms with Gasteiger partial charge in [0, 0.05) is 25.7 Å². The lowest BCUT2D eigenvalue weighted by atomic mass is 10.1. The third kappa shape index (κ3) is 6.43. The molecular formula is C18H22F2IN3. The Morgan fingerprint density at radius 2 is 1.46 bits per heavy atom. The molecule has 0 bridgehead atoms. The fourth-order valence-electron chi connectivity index (χ4n) is 2.27. The van der Waals surface area contributed by atoms with Crippen LogP contribution in [0.3, 0.4) is 0 Å². The van der Waals surface area contributed by atoms with Crippen LogP contribution >= 0.6 is 24.0 Å². The van der Waals surface area contributed by atoms with Crippen molar-refractivity contribution in [1.29, 1.82) is 0 Å². The Balaban J connectivity index is 0.00000288. The summed E-state index contributed by atoms with van der Waals surface area (Å²) in [6.07, 6.45) is 1.14. The van der Waals surface area contributed by atoms with E-state index in [1.807, 2.05) is 18.2 Å². The van der Waals surface area contributed by atoms with Gasteiger partial charge in [-0.1, -0.05) is 36.4 Å². The zero-order chi connectivity index (χ0) is 16.5. The first-order valence-electron chi connectivity index (χ1n) is 7.62. The standard InChI is InChI=1S/C18H21F2N3.HI/c1-21-18(22-12-10-14-6-3-2-4-7-14)23-13-11-15-16(19)8-5-9-17(15)20;/h2-9H,10-13H2,1H3,(H2,21,22,23);1H. The van der Waals surface area contributed by atoms with Crippen LogP contribution in [0.1, 0.15) is 11.1 Å². The smallest absolute Gasteiger partial charge is 0.190 e. The zero-order valence-electron chi connectivity index (χ0n) is 13.6. The molecule has 2 N–H and O–H groups in total. The molecule has 0 spiro atoms. The second kappa shape index (κ2) is 11.0. The van der Waals surface area contributed by atoms with Crippen LogP contribution < -0.4 is 10.6 Å². The van der Waals surface area contributed by atoms with E-state index in [0.29, 0.717) is 12.5 Å². The number of hydrogen-bond acceptors (Lipinski definition) is 1. The number of nitrogens with one attached hydrogen (secondary N) is 2. The lowest BCUT2D eigenvalue weighted by Crippen LogP contribution is -2.39. The zero-order valence-corrected chi connectivity index (χ0v) is 15.9. The molecule has 0 fully saturated rings. The summed E-state index contributed by atoms with van der Waals surface area (Å²) in [6, 6.07) is 14.0. The quantitative estimate of drug-likeness (QED) is 0.406. The normalized spacial score (nSPS) is 10.9. The molecule has 2 aromatic carbocycles. The summed E-state index contributed by atoms with van der Waals surface area (Å²) in [6.45, 7) is 1.14. The van der Waals surface area contributed by atoms with Crippen molar-refractivity contribution in [3.63, 3.8) is 0 Å². The molecule has 0 unspecified atom stereocenters. The van der Waals surface area contributed by atoms with Crippen LogP contribution in [-0.2, 0) is 12.8 Å². The van der Waals surface area contributed by atoms with Gasteiger partial charge >= 0.3 is 0 Å². The SMILES string of the molecule is CN=C(NCCc1ccccc1)NCCc1c(F)cccc1F.I. The van der Waals surface area contributed by atoms with Crippen molar-refractivity contribution >= 4 is 29.9 Å². The third-order valence-electron chi connectivity index (χ3n) is 3.50. The maximum Gasteiger partial charge on any atom is 0.190 e. The van der Waals surface area contributed by atoms with Gasteiger partial charge < -0.3 is 10.6 Å². The molecule has 0 radical (unpaired) electrons. The van der Waals surface area contributed by atoms with Gasteiger partial charge in [-0.15, -0.1) is 24.0 Å². The molecule has 0 aromatic heterocycles. The topological polar surface area (TPSA) is 36.4 Å². The van der Waals surface area contributed by atoms with E-state index in [1.165, 1.54) is 23.8 Å². The minimum absolute atomic E-state index is 0. The van der Waals surface area contributed by atoms with E-state index in [-0.39, 0.29) is 36.0 Å². The van der Waals surface area contributed by atoms with Crippen molar-refractivity contribution < 1.29 is 8.78 Å². The Hall–Kier alpha value is -1.70. The van der Waals surface area contributed by atoms with Crippen molar-refractivity contribution in [2.45, 2.75) is 12.8 Å². The fraction of sp³-hybridized carbons (Fsp3) is 0.278. The first-order valence-corrected chi connectivity index (χ1v) is 7.62. The van der Waals surface area contributed by atoms with Crippen LogP contribution in [-0.4, -0.2) is 26.1 Å². The van der Waals surface area contributed by atoms with Gasteiger partial charge in [0.2, 0.25) is 0 Å². The third-order valence-corrected chi connectivity index (χ3v) is 3.50. The Morgan fingerprint density at radius 3 is 2.04 bits per heavy atom. The van der Waals surface area contributed by atoms with Crippen LogP contribution in [0, 0.1) is 11.6 Å². The molecule has 130 valence electrons. The molecule has 0 aliphatic carbocycles. The van der Waals surface area contributed by atoms with Crippen LogP contribution in [0.5, 0.6) is 0 Å². The van der Waals surface area contributed by atoms with E-state index in [2.05, 4.69) is 27.8 Å². The molecule has 0 atom stereocenters. The van der Waals surface area contributed by atoms with Gasteiger partial charge in [-0.25, -0.2) is 8.78 Å². The second-order valence-corrected chi connectivity index (χ2v) is 5.11. The van der Waals surface area contributed by atoms with Gasteiger partial charge in [-0.05, 0) is 30.5 Å². The number of halogens is 3. The number of benzene rings is 2. The van der Waals surface area contributed by atoms with E-state index in [0.717, 1.165) is 13.0 Å². The van der Waals surface area contributed by atoms with Crippen LogP contribution in [0.15, 0.2) is 53.5 Å². The van der Waals surface area contributed by atoms with E-state index in [9.17, 15) is 8.78 Å². The summed E-state index contributed by atoms with van der Waals surface area (Å²) in [5.41, 5.74) is 1.34. The summed E-state index contributed by atoms with van der Waals surface area (Å²) in [5, 5.41) is 6.25. The molecule has 2 aromatic rings. The molecule has 6 heteroatoms. The molecule has 0 saturated carbocycles. The lowest BCUT2D eigenvalue weighted by molar-refractivity contribution is 0.553. The van der Waals surface area contributed by atoms with Gasteiger partial charge in [0.15, 0.2) is 5.96 Å². The minimum Gasteiger partial charge on any atom is -0.356 e. The van der Waals surface area contributed by atoms with Crippen molar-refractivity contribution in [3.05, 3.63) is 71.3 Å². The van der Waals surface area contributed by atoms with E-state index < -0.39 is 11.6 Å². The highest BCUT2D eigenvalue weighted by Gasteiger charge is 2.08. The van der Waals surface area contributed by atoms with Crippen molar-refractivity contribution in [2.24, 2.45) is 4.99 Å². The average Bonchev–Trinajstić information content (AvgIpc) is 2.57. The number of nitrogens with zero attached hydrogens (tertiary/aromatic N) is 1. The summed E-state index contributed by atoms with van der Waals surface area (Å²) in [4.78, 5) is 4.10. The predicted molar refractivity (Wildman–Crippen MR) is 105 cm³/mol. The summed E-state index contributed by atoms with van der Waals surface area (Å²) in [7, 11) is 1.67. The van der Waals surface area contributed by atoms with E-state index in [1.54, 1.807) is 7.05 Å². The summed E-state index contributed by atoms with van der Waals surface area (Å²) < 4.78 is 27.1. The maximum absolute atomic E-state index is 13.5. The fourth-order valence-corrected chi connectivity index (χ4v) is 2.27.